The molecule has 5 nitrogen and oxygen atoms in total. The summed E-state index contributed by atoms with van der Waals surface area (Å²) >= 11 is 1.11. The van der Waals surface area contributed by atoms with Gasteiger partial charge in [0, 0.05) is 28.9 Å². The van der Waals surface area contributed by atoms with Crippen molar-refractivity contribution < 1.29 is 9.90 Å². The lowest BCUT2D eigenvalue weighted by Gasteiger charge is -2.06. The summed E-state index contributed by atoms with van der Waals surface area (Å²) in [5.74, 6) is -0.965. The van der Waals surface area contributed by atoms with Crippen LogP contribution in [-0.4, -0.2) is 21.0 Å². The van der Waals surface area contributed by atoms with E-state index in [1.165, 1.54) is 6.20 Å². The number of pyridine rings is 1. The number of fused-ring (bicyclic) bond motifs is 1. The Kier molecular flexibility index (Phi) is 2.85. The summed E-state index contributed by atoms with van der Waals surface area (Å²) < 4.78 is 0. The molecule has 0 saturated heterocycles. The minimum Gasteiger partial charge on any atom is -0.477 e. The Labute approximate surface area is 112 Å². The van der Waals surface area contributed by atoms with Crippen LogP contribution in [-0.2, 0) is 0 Å². The molecule has 2 heterocycles. The van der Waals surface area contributed by atoms with Crippen molar-refractivity contribution in [2.24, 2.45) is 0 Å². The molecule has 0 radical (unpaired) electrons. The minimum absolute atomic E-state index is 0.212. The monoisotopic (exact) mass is 271 g/mol. The molecule has 0 aliphatic carbocycles. The van der Waals surface area contributed by atoms with Crippen LogP contribution in [0.2, 0.25) is 0 Å². The van der Waals surface area contributed by atoms with Gasteiger partial charge in [0.05, 0.1) is 6.20 Å². The average molecular weight is 271 g/mol. The van der Waals surface area contributed by atoms with Crippen LogP contribution in [0.5, 0.6) is 0 Å². The highest BCUT2D eigenvalue weighted by Gasteiger charge is 2.09. The fourth-order valence-electron chi connectivity index (χ4n) is 1.78. The number of rotatable bonds is 3. The van der Waals surface area contributed by atoms with E-state index < -0.39 is 5.97 Å². The largest absolute Gasteiger partial charge is 0.477 e. The van der Waals surface area contributed by atoms with E-state index in [0.717, 1.165) is 27.8 Å². The van der Waals surface area contributed by atoms with Crippen LogP contribution >= 0.6 is 11.3 Å². The SMILES string of the molecule is O=C(O)c1cnc(Nc2cccc3cnccc23)s1. The first-order valence-corrected chi connectivity index (χ1v) is 6.34. The second-order valence-corrected chi connectivity index (χ2v) is 4.89. The van der Waals surface area contributed by atoms with Gasteiger partial charge in [-0.15, -0.1) is 0 Å². The summed E-state index contributed by atoms with van der Waals surface area (Å²) in [5.41, 5.74) is 0.881. The zero-order valence-electron chi connectivity index (χ0n) is 9.70. The van der Waals surface area contributed by atoms with E-state index in [2.05, 4.69) is 15.3 Å². The molecule has 1 aromatic carbocycles. The molecule has 0 saturated carbocycles. The molecule has 3 aromatic rings. The van der Waals surface area contributed by atoms with Gasteiger partial charge in [-0.1, -0.05) is 23.5 Å². The molecule has 0 atom stereocenters. The molecule has 0 amide bonds. The van der Waals surface area contributed by atoms with Gasteiger partial charge >= 0.3 is 5.97 Å². The van der Waals surface area contributed by atoms with E-state index in [1.54, 1.807) is 12.4 Å². The number of aromatic carboxylic acids is 1. The van der Waals surface area contributed by atoms with E-state index in [0.29, 0.717) is 5.13 Å². The maximum absolute atomic E-state index is 10.8. The molecule has 3 rings (SSSR count). The third kappa shape index (κ3) is 2.25. The summed E-state index contributed by atoms with van der Waals surface area (Å²) in [6.07, 6.45) is 4.85. The number of benzene rings is 1. The Morgan fingerprint density at radius 3 is 2.95 bits per heavy atom. The highest BCUT2D eigenvalue weighted by atomic mass is 32.1. The third-order valence-electron chi connectivity index (χ3n) is 2.64. The van der Waals surface area contributed by atoms with Crippen LogP contribution in [0, 0.1) is 0 Å². The standard InChI is InChI=1S/C13H9N3O2S/c17-12(18)11-7-15-13(19-11)16-10-3-1-2-8-6-14-5-4-9(8)10/h1-7H,(H,15,16)(H,17,18). The summed E-state index contributed by atoms with van der Waals surface area (Å²) in [4.78, 5) is 19.1. The molecule has 94 valence electrons. The van der Waals surface area contributed by atoms with E-state index in [4.69, 9.17) is 5.11 Å². The molecule has 0 aliphatic heterocycles. The predicted molar refractivity (Wildman–Crippen MR) is 74.1 cm³/mol. The van der Waals surface area contributed by atoms with Crippen molar-refractivity contribution >= 4 is 38.9 Å². The van der Waals surface area contributed by atoms with Gasteiger partial charge in [-0.2, -0.15) is 0 Å². The molecular formula is C13H9N3O2S. The van der Waals surface area contributed by atoms with Crippen molar-refractivity contribution in [1.82, 2.24) is 9.97 Å². The fourth-order valence-corrected chi connectivity index (χ4v) is 2.44. The second-order valence-electron chi connectivity index (χ2n) is 3.86. The number of carboxylic acid groups (broad SMARTS) is 1. The summed E-state index contributed by atoms with van der Waals surface area (Å²) in [5, 5.41) is 14.6. The number of nitrogens with one attached hydrogen (secondary N) is 1. The predicted octanol–water partition coefficient (Wildman–Crippen LogP) is 3.13. The van der Waals surface area contributed by atoms with E-state index in [9.17, 15) is 4.79 Å². The van der Waals surface area contributed by atoms with E-state index in [1.807, 2.05) is 24.3 Å². The van der Waals surface area contributed by atoms with Crippen LogP contribution in [0.4, 0.5) is 10.8 Å². The quantitative estimate of drug-likeness (QED) is 0.765. The van der Waals surface area contributed by atoms with Crippen molar-refractivity contribution in [3.63, 3.8) is 0 Å². The van der Waals surface area contributed by atoms with Gasteiger partial charge in [-0.05, 0) is 12.1 Å². The third-order valence-corrected chi connectivity index (χ3v) is 3.54. The molecule has 2 aromatic heterocycles. The minimum atomic E-state index is -0.965. The van der Waals surface area contributed by atoms with Gasteiger partial charge in [-0.3, -0.25) is 4.98 Å². The fraction of sp³-hybridized carbons (Fsp3) is 0. The molecule has 0 bridgehead atoms. The van der Waals surface area contributed by atoms with Crippen LogP contribution < -0.4 is 5.32 Å². The summed E-state index contributed by atoms with van der Waals surface area (Å²) in [7, 11) is 0. The molecule has 19 heavy (non-hydrogen) atoms. The number of carboxylic acids is 1. The molecule has 0 spiro atoms. The lowest BCUT2D eigenvalue weighted by atomic mass is 10.1. The van der Waals surface area contributed by atoms with Crippen LogP contribution in [0.3, 0.4) is 0 Å². The Hall–Kier alpha value is -2.47. The molecular weight excluding hydrogens is 262 g/mol. The number of hydrogen-bond acceptors (Lipinski definition) is 5. The van der Waals surface area contributed by atoms with Crippen molar-refractivity contribution in [3.8, 4) is 0 Å². The second kappa shape index (κ2) is 4.66. The number of aromatic nitrogens is 2. The van der Waals surface area contributed by atoms with Gasteiger partial charge in [-0.25, -0.2) is 9.78 Å². The summed E-state index contributed by atoms with van der Waals surface area (Å²) in [6, 6.07) is 7.71. The van der Waals surface area contributed by atoms with Crippen molar-refractivity contribution in [2.45, 2.75) is 0 Å². The Balaban J connectivity index is 1.98. The normalized spacial score (nSPS) is 10.5. The topological polar surface area (TPSA) is 75.1 Å². The van der Waals surface area contributed by atoms with Gasteiger partial charge in [0.25, 0.3) is 0 Å². The Morgan fingerprint density at radius 1 is 1.26 bits per heavy atom. The van der Waals surface area contributed by atoms with Crippen molar-refractivity contribution in [2.75, 3.05) is 5.32 Å². The zero-order valence-corrected chi connectivity index (χ0v) is 10.5. The van der Waals surface area contributed by atoms with Gasteiger partial charge in [0.2, 0.25) is 0 Å². The highest BCUT2D eigenvalue weighted by molar-refractivity contribution is 7.17. The lowest BCUT2D eigenvalue weighted by Crippen LogP contribution is -1.91. The first-order chi connectivity index (χ1) is 9.24. The van der Waals surface area contributed by atoms with Crippen LogP contribution in [0.25, 0.3) is 10.8 Å². The number of anilines is 2. The number of thiazole rings is 1. The molecule has 0 fully saturated rings. The first kappa shape index (κ1) is 11.6. The maximum atomic E-state index is 10.8. The van der Waals surface area contributed by atoms with Gasteiger partial charge in [0.15, 0.2) is 5.13 Å². The van der Waals surface area contributed by atoms with Crippen molar-refractivity contribution in [3.05, 3.63) is 47.7 Å². The maximum Gasteiger partial charge on any atom is 0.347 e. The molecule has 2 N–H and O–H groups in total. The zero-order chi connectivity index (χ0) is 13.2. The Bertz CT molecular complexity index is 749. The summed E-state index contributed by atoms with van der Waals surface area (Å²) in [6.45, 7) is 0. The lowest BCUT2D eigenvalue weighted by molar-refractivity contribution is 0.0702. The number of hydrogen-bond donors (Lipinski definition) is 2. The Morgan fingerprint density at radius 2 is 2.16 bits per heavy atom. The van der Waals surface area contributed by atoms with Crippen LogP contribution in [0.1, 0.15) is 9.67 Å². The first-order valence-electron chi connectivity index (χ1n) is 5.53. The average Bonchev–Trinajstić information content (AvgIpc) is 2.88. The highest BCUT2D eigenvalue weighted by Crippen LogP contribution is 2.27. The van der Waals surface area contributed by atoms with Crippen LogP contribution in [0.15, 0.2) is 42.9 Å². The number of carbonyl (C=O) groups is 1. The van der Waals surface area contributed by atoms with E-state index >= 15 is 0 Å². The molecule has 6 heteroatoms. The molecule has 0 unspecified atom stereocenters. The number of nitrogens with zero attached hydrogens (tertiary/aromatic N) is 2. The smallest absolute Gasteiger partial charge is 0.347 e. The van der Waals surface area contributed by atoms with Gasteiger partial charge < -0.3 is 10.4 Å². The van der Waals surface area contributed by atoms with Gasteiger partial charge in [0.1, 0.15) is 4.88 Å². The van der Waals surface area contributed by atoms with Crippen molar-refractivity contribution in [1.29, 1.82) is 0 Å². The van der Waals surface area contributed by atoms with E-state index in [-0.39, 0.29) is 4.88 Å². The molecule has 0 aliphatic rings.